The second-order valence-electron chi connectivity index (χ2n) is 5.76. The van der Waals surface area contributed by atoms with Crippen molar-refractivity contribution in [3.05, 3.63) is 45.2 Å². The molecule has 1 N–H and O–H groups in total. The molecule has 1 unspecified atom stereocenters. The predicted octanol–water partition coefficient (Wildman–Crippen LogP) is 3.42. The maximum absolute atomic E-state index is 4.89. The summed E-state index contributed by atoms with van der Waals surface area (Å²) in [5.74, 6) is 0. The second kappa shape index (κ2) is 5.62. The van der Waals surface area contributed by atoms with Gasteiger partial charge >= 0.3 is 0 Å². The number of pyridine rings is 1. The van der Waals surface area contributed by atoms with Gasteiger partial charge in [-0.2, -0.15) is 0 Å². The van der Waals surface area contributed by atoms with Crippen molar-refractivity contribution in [1.82, 2.24) is 15.3 Å². The normalized spacial score (nSPS) is 15.6. The van der Waals surface area contributed by atoms with Gasteiger partial charge in [0.2, 0.25) is 0 Å². The third kappa shape index (κ3) is 2.63. The largest absolute Gasteiger partial charge is 0.302 e. The summed E-state index contributed by atoms with van der Waals surface area (Å²) in [6.07, 6.45) is 7.44. The van der Waals surface area contributed by atoms with Crippen LogP contribution in [0.4, 0.5) is 0 Å². The Bertz CT molecular complexity index is 582. The Morgan fingerprint density at radius 2 is 2.15 bits per heavy atom. The quantitative estimate of drug-likeness (QED) is 0.936. The lowest BCUT2D eigenvalue weighted by atomic mass is 10.0. The van der Waals surface area contributed by atoms with Crippen LogP contribution in [-0.4, -0.2) is 16.0 Å². The topological polar surface area (TPSA) is 37.8 Å². The molecule has 0 aliphatic heterocycles. The van der Waals surface area contributed by atoms with Crippen molar-refractivity contribution in [2.24, 2.45) is 0 Å². The van der Waals surface area contributed by atoms with E-state index in [0.29, 0.717) is 6.04 Å². The molecule has 1 aliphatic carbocycles. The zero-order chi connectivity index (χ0) is 14.1. The van der Waals surface area contributed by atoms with E-state index in [4.69, 9.17) is 4.98 Å². The summed E-state index contributed by atoms with van der Waals surface area (Å²) >= 11 is 1.87. The molecule has 1 atom stereocenters. The van der Waals surface area contributed by atoms with Crippen LogP contribution in [0.5, 0.6) is 0 Å². The highest BCUT2D eigenvalue weighted by molar-refractivity contribution is 7.11. The number of aromatic nitrogens is 2. The molecule has 0 amide bonds. The van der Waals surface area contributed by atoms with E-state index in [0.717, 1.165) is 6.42 Å². The summed E-state index contributed by atoms with van der Waals surface area (Å²) in [7, 11) is 0. The molecule has 2 aromatic heterocycles. The average Bonchev–Trinajstić information content (AvgIpc) is 2.97. The smallest absolute Gasteiger partial charge is 0.115 e. The fraction of sp³-hybridized carbons (Fsp3) is 0.500. The van der Waals surface area contributed by atoms with Crippen molar-refractivity contribution in [3.63, 3.8) is 0 Å². The van der Waals surface area contributed by atoms with Gasteiger partial charge in [-0.1, -0.05) is 0 Å². The molecule has 1 aliphatic rings. The number of fused-ring (bicyclic) bond motifs is 1. The number of thiazole rings is 1. The van der Waals surface area contributed by atoms with Crippen molar-refractivity contribution in [2.45, 2.75) is 52.1 Å². The van der Waals surface area contributed by atoms with Crippen LogP contribution < -0.4 is 5.32 Å². The van der Waals surface area contributed by atoms with E-state index >= 15 is 0 Å². The maximum Gasteiger partial charge on any atom is 0.115 e. The molecule has 2 aromatic rings. The van der Waals surface area contributed by atoms with Gasteiger partial charge in [-0.05, 0) is 57.2 Å². The molecule has 20 heavy (non-hydrogen) atoms. The molecule has 0 fully saturated rings. The van der Waals surface area contributed by atoms with Crippen LogP contribution in [0.3, 0.4) is 0 Å². The van der Waals surface area contributed by atoms with Crippen molar-refractivity contribution in [3.8, 4) is 0 Å². The highest BCUT2D eigenvalue weighted by atomic mass is 32.1. The van der Waals surface area contributed by atoms with Gasteiger partial charge in [-0.15, -0.1) is 11.3 Å². The first-order valence-corrected chi connectivity index (χ1v) is 8.12. The van der Waals surface area contributed by atoms with E-state index in [1.54, 1.807) is 0 Å². The molecule has 106 valence electrons. The Balaban J connectivity index is 1.99. The van der Waals surface area contributed by atoms with Crippen LogP contribution in [0.2, 0.25) is 0 Å². The first-order chi connectivity index (χ1) is 9.65. The maximum atomic E-state index is 4.89. The van der Waals surface area contributed by atoms with E-state index in [1.807, 2.05) is 23.7 Å². The first-order valence-electron chi connectivity index (χ1n) is 7.30. The molecule has 3 nitrogen and oxygen atoms in total. The first kappa shape index (κ1) is 13.7. The van der Waals surface area contributed by atoms with E-state index in [2.05, 4.69) is 37.1 Å². The third-order valence-electron chi connectivity index (χ3n) is 3.75. The Morgan fingerprint density at radius 3 is 2.85 bits per heavy atom. The molecular formula is C16H21N3S. The number of hydrogen-bond acceptors (Lipinski definition) is 4. The van der Waals surface area contributed by atoms with Gasteiger partial charge in [-0.3, -0.25) is 4.98 Å². The minimum Gasteiger partial charge on any atom is -0.302 e. The third-order valence-corrected chi connectivity index (χ3v) is 4.97. The highest BCUT2D eigenvalue weighted by Crippen LogP contribution is 2.34. The van der Waals surface area contributed by atoms with Gasteiger partial charge in [0.1, 0.15) is 5.01 Å². The van der Waals surface area contributed by atoms with Crippen molar-refractivity contribution in [2.75, 3.05) is 0 Å². The SMILES string of the molecule is Cc1ccncc1C(NC(C)C)c1nc2c(s1)CCC2. The molecule has 0 spiro atoms. The summed E-state index contributed by atoms with van der Waals surface area (Å²) in [4.78, 5) is 10.7. The van der Waals surface area contributed by atoms with E-state index in [9.17, 15) is 0 Å². The lowest BCUT2D eigenvalue weighted by Crippen LogP contribution is -2.29. The standard InChI is InChI=1S/C16H21N3S/c1-10(2)18-15(12-9-17-8-7-11(12)3)16-19-13-5-4-6-14(13)20-16/h7-10,15,18H,4-6H2,1-3H3. The molecule has 0 saturated carbocycles. The van der Waals surface area contributed by atoms with Crippen LogP contribution in [-0.2, 0) is 12.8 Å². The zero-order valence-corrected chi connectivity index (χ0v) is 13.1. The number of hydrogen-bond donors (Lipinski definition) is 1. The van der Waals surface area contributed by atoms with Crippen LogP contribution in [0.25, 0.3) is 0 Å². The second-order valence-corrected chi connectivity index (χ2v) is 6.88. The van der Waals surface area contributed by atoms with Crippen LogP contribution in [0.1, 0.15) is 53.0 Å². The molecule has 4 heteroatoms. The number of aryl methyl sites for hydroxylation is 3. The summed E-state index contributed by atoms with van der Waals surface area (Å²) in [6, 6.07) is 2.66. The van der Waals surface area contributed by atoms with E-state index in [-0.39, 0.29) is 6.04 Å². The lowest BCUT2D eigenvalue weighted by Gasteiger charge is -2.21. The van der Waals surface area contributed by atoms with Crippen molar-refractivity contribution < 1.29 is 0 Å². The van der Waals surface area contributed by atoms with Gasteiger partial charge in [0, 0.05) is 23.3 Å². The summed E-state index contributed by atoms with van der Waals surface area (Å²) in [6.45, 7) is 6.51. The number of nitrogens with zero attached hydrogens (tertiary/aromatic N) is 2. The molecule has 0 saturated heterocycles. The van der Waals surface area contributed by atoms with Crippen molar-refractivity contribution in [1.29, 1.82) is 0 Å². The van der Waals surface area contributed by atoms with Crippen LogP contribution >= 0.6 is 11.3 Å². The molecule has 0 bridgehead atoms. The fourth-order valence-corrected chi connectivity index (χ4v) is 3.97. The van der Waals surface area contributed by atoms with Gasteiger partial charge in [0.05, 0.1) is 11.7 Å². The molecule has 3 rings (SSSR count). The minimum absolute atomic E-state index is 0.166. The number of nitrogens with one attached hydrogen (secondary N) is 1. The summed E-state index contributed by atoms with van der Waals surface area (Å²) < 4.78 is 0. The molecular weight excluding hydrogens is 266 g/mol. The number of rotatable bonds is 4. The van der Waals surface area contributed by atoms with E-state index < -0.39 is 0 Å². The summed E-state index contributed by atoms with van der Waals surface area (Å²) in [5, 5.41) is 4.84. The van der Waals surface area contributed by atoms with Gasteiger partial charge < -0.3 is 5.32 Å². The monoisotopic (exact) mass is 287 g/mol. The minimum atomic E-state index is 0.166. The molecule has 0 aromatic carbocycles. The van der Waals surface area contributed by atoms with Crippen molar-refractivity contribution >= 4 is 11.3 Å². The lowest BCUT2D eigenvalue weighted by molar-refractivity contribution is 0.523. The van der Waals surface area contributed by atoms with E-state index in [1.165, 1.54) is 39.5 Å². The Morgan fingerprint density at radius 1 is 1.30 bits per heavy atom. The molecule has 2 heterocycles. The van der Waals surface area contributed by atoms with Crippen LogP contribution in [0, 0.1) is 6.92 Å². The average molecular weight is 287 g/mol. The zero-order valence-electron chi connectivity index (χ0n) is 12.3. The van der Waals surface area contributed by atoms with Crippen LogP contribution in [0.15, 0.2) is 18.5 Å². The Kier molecular flexibility index (Phi) is 3.85. The van der Waals surface area contributed by atoms with Gasteiger partial charge in [0.15, 0.2) is 0 Å². The Hall–Kier alpha value is -1.26. The predicted molar refractivity (Wildman–Crippen MR) is 83.2 cm³/mol. The van der Waals surface area contributed by atoms with Gasteiger partial charge in [-0.25, -0.2) is 4.98 Å². The summed E-state index contributed by atoms with van der Waals surface area (Å²) in [5.41, 5.74) is 3.84. The fourth-order valence-electron chi connectivity index (χ4n) is 2.74. The highest BCUT2D eigenvalue weighted by Gasteiger charge is 2.24. The van der Waals surface area contributed by atoms with Gasteiger partial charge in [0.25, 0.3) is 0 Å². The molecule has 0 radical (unpaired) electrons. The Labute approximate surface area is 124 Å².